The van der Waals surface area contributed by atoms with Crippen LogP contribution in [-0.4, -0.2) is 16.5 Å². The molecule has 4 heteroatoms. The molecule has 1 atom stereocenters. The van der Waals surface area contributed by atoms with Crippen LogP contribution in [0.1, 0.15) is 41.2 Å². The Morgan fingerprint density at radius 3 is 2.79 bits per heavy atom. The maximum absolute atomic E-state index is 4.56. The maximum Gasteiger partial charge on any atom is 0.0897 e. The summed E-state index contributed by atoms with van der Waals surface area (Å²) in [6.45, 7) is 7.34. The summed E-state index contributed by atoms with van der Waals surface area (Å²) in [5.74, 6) is 0. The van der Waals surface area contributed by atoms with Crippen LogP contribution in [0.3, 0.4) is 0 Å². The van der Waals surface area contributed by atoms with Crippen LogP contribution in [0.5, 0.6) is 0 Å². The molecule has 102 valence electrons. The van der Waals surface area contributed by atoms with Gasteiger partial charge in [0.05, 0.1) is 10.7 Å². The summed E-state index contributed by atoms with van der Waals surface area (Å²) >= 11 is 1.71. The number of thiazole rings is 1. The second kappa shape index (κ2) is 6.78. The minimum atomic E-state index is 0.300. The lowest BCUT2D eigenvalue weighted by Gasteiger charge is -2.18. The number of aromatic nitrogens is 2. The van der Waals surface area contributed by atoms with Crippen LogP contribution < -0.4 is 5.32 Å². The summed E-state index contributed by atoms with van der Waals surface area (Å²) in [4.78, 5) is 8.87. The largest absolute Gasteiger partial charge is 0.310 e. The van der Waals surface area contributed by atoms with Crippen LogP contribution in [0.2, 0.25) is 0 Å². The fraction of sp³-hybridized carbons (Fsp3) is 0.467. The van der Waals surface area contributed by atoms with Gasteiger partial charge in [-0.25, -0.2) is 4.98 Å². The summed E-state index contributed by atoms with van der Waals surface area (Å²) < 4.78 is 0. The van der Waals surface area contributed by atoms with Gasteiger partial charge in [0, 0.05) is 30.2 Å². The number of rotatable bonds is 6. The monoisotopic (exact) mass is 275 g/mol. The zero-order valence-electron chi connectivity index (χ0n) is 11.8. The molecular weight excluding hydrogens is 254 g/mol. The minimum absolute atomic E-state index is 0.300. The van der Waals surface area contributed by atoms with Crippen molar-refractivity contribution in [1.29, 1.82) is 0 Å². The number of hydrogen-bond donors (Lipinski definition) is 1. The standard InChI is InChI=1S/C15H21N3S/c1-4-5-17-15(7-14-10-19-12(3)18-14)13-6-11(2)8-16-9-13/h6,8-10,15,17H,4-5,7H2,1-3H3. The Bertz CT molecular complexity index is 522. The van der Waals surface area contributed by atoms with E-state index in [1.165, 1.54) is 11.1 Å². The van der Waals surface area contributed by atoms with Crippen molar-refractivity contribution in [2.75, 3.05) is 6.54 Å². The fourth-order valence-corrected chi connectivity index (χ4v) is 2.73. The van der Waals surface area contributed by atoms with Gasteiger partial charge in [0.2, 0.25) is 0 Å². The van der Waals surface area contributed by atoms with E-state index < -0.39 is 0 Å². The van der Waals surface area contributed by atoms with E-state index in [9.17, 15) is 0 Å². The molecule has 0 fully saturated rings. The topological polar surface area (TPSA) is 37.8 Å². The van der Waals surface area contributed by atoms with E-state index in [1.807, 2.05) is 12.4 Å². The summed E-state index contributed by atoms with van der Waals surface area (Å²) in [6, 6.07) is 2.51. The molecule has 0 aliphatic rings. The van der Waals surface area contributed by atoms with Gasteiger partial charge in [-0.3, -0.25) is 4.98 Å². The van der Waals surface area contributed by atoms with Crippen molar-refractivity contribution in [3.63, 3.8) is 0 Å². The highest BCUT2D eigenvalue weighted by Crippen LogP contribution is 2.20. The quantitative estimate of drug-likeness (QED) is 0.877. The third-order valence-corrected chi connectivity index (χ3v) is 3.84. The highest BCUT2D eigenvalue weighted by atomic mass is 32.1. The zero-order chi connectivity index (χ0) is 13.7. The molecule has 19 heavy (non-hydrogen) atoms. The lowest BCUT2D eigenvalue weighted by Crippen LogP contribution is -2.24. The molecule has 3 nitrogen and oxygen atoms in total. The van der Waals surface area contributed by atoms with Crippen molar-refractivity contribution in [1.82, 2.24) is 15.3 Å². The van der Waals surface area contributed by atoms with E-state index in [0.717, 1.165) is 30.1 Å². The summed E-state index contributed by atoms with van der Waals surface area (Å²) in [5.41, 5.74) is 3.62. The number of hydrogen-bond acceptors (Lipinski definition) is 4. The molecule has 2 rings (SSSR count). The first kappa shape index (κ1) is 14.2. The Balaban J connectivity index is 2.15. The van der Waals surface area contributed by atoms with Crippen LogP contribution in [0.25, 0.3) is 0 Å². The molecule has 1 unspecified atom stereocenters. The van der Waals surface area contributed by atoms with Crippen LogP contribution in [0.4, 0.5) is 0 Å². The van der Waals surface area contributed by atoms with E-state index >= 15 is 0 Å². The predicted octanol–water partition coefficient (Wildman–Crippen LogP) is 3.44. The Morgan fingerprint density at radius 1 is 1.32 bits per heavy atom. The van der Waals surface area contributed by atoms with Crippen LogP contribution >= 0.6 is 11.3 Å². The lowest BCUT2D eigenvalue weighted by atomic mass is 10.0. The van der Waals surface area contributed by atoms with Gasteiger partial charge in [-0.05, 0) is 37.9 Å². The first-order valence-corrected chi connectivity index (χ1v) is 7.63. The highest BCUT2D eigenvalue weighted by Gasteiger charge is 2.13. The third kappa shape index (κ3) is 4.11. The van der Waals surface area contributed by atoms with Gasteiger partial charge in [0.15, 0.2) is 0 Å². The van der Waals surface area contributed by atoms with Crippen molar-refractivity contribution < 1.29 is 0 Å². The molecule has 0 bridgehead atoms. The molecule has 2 heterocycles. The van der Waals surface area contributed by atoms with Gasteiger partial charge < -0.3 is 5.32 Å². The van der Waals surface area contributed by atoms with Gasteiger partial charge >= 0.3 is 0 Å². The number of nitrogens with zero attached hydrogens (tertiary/aromatic N) is 2. The van der Waals surface area contributed by atoms with Gasteiger partial charge in [0.25, 0.3) is 0 Å². The van der Waals surface area contributed by atoms with Gasteiger partial charge in [-0.15, -0.1) is 11.3 Å². The molecule has 0 aliphatic carbocycles. The van der Waals surface area contributed by atoms with E-state index in [2.05, 4.69) is 47.5 Å². The summed E-state index contributed by atoms with van der Waals surface area (Å²) in [5, 5.41) is 6.88. The zero-order valence-corrected chi connectivity index (χ0v) is 12.6. The maximum atomic E-state index is 4.56. The Hall–Kier alpha value is -1.26. The second-order valence-corrected chi connectivity index (χ2v) is 5.93. The third-order valence-electron chi connectivity index (χ3n) is 3.02. The Labute approximate surface area is 119 Å². The predicted molar refractivity (Wildman–Crippen MR) is 80.6 cm³/mol. The molecule has 1 N–H and O–H groups in total. The van der Waals surface area contributed by atoms with E-state index in [-0.39, 0.29) is 0 Å². The molecule has 0 aromatic carbocycles. The SMILES string of the molecule is CCCNC(Cc1csc(C)n1)c1cncc(C)c1. The normalized spacial score (nSPS) is 12.6. The van der Waals surface area contributed by atoms with Crippen molar-refractivity contribution in [2.45, 2.75) is 39.7 Å². The molecule has 2 aromatic rings. The van der Waals surface area contributed by atoms with Crippen molar-refractivity contribution in [3.05, 3.63) is 45.7 Å². The smallest absolute Gasteiger partial charge is 0.0897 e. The first-order valence-electron chi connectivity index (χ1n) is 6.75. The van der Waals surface area contributed by atoms with Crippen LogP contribution in [0.15, 0.2) is 23.8 Å². The summed E-state index contributed by atoms with van der Waals surface area (Å²) in [7, 11) is 0. The Kier molecular flexibility index (Phi) is 5.05. The molecule has 0 amide bonds. The van der Waals surface area contributed by atoms with Gasteiger partial charge in [0.1, 0.15) is 0 Å². The number of pyridine rings is 1. The molecule has 0 spiro atoms. The van der Waals surface area contributed by atoms with E-state index in [0.29, 0.717) is 6.04 Å². The molecule has 0 saturated heterocycles. The molecule has 0 saturated carbocycles. The van der Waals surface area contributed by atoms with Crippen molar-refractivity contribution in [2.24, 2.45) is 0 Å². The molecular formula is C15H21N3S. The van der Waals surface area contributed by atoms with E-state index in [4.69, 9.17) is 0 Å². The average Bonchev–Trinajstić information content (AvgIpc) is 2.80. The Morgan fingerprint density at radius 2 is 2.16 bits per heavy atom. The molecule has 0 aliphatic heterocycles. The number of nitrogens with one attached hydrogen (secondary N) is 1. The van der Waals surface area contributed by atoms with Crippen molar-refractivity contribution in [3.8, 4) is 0 Å². The first-order chi connectivity index (χ1) is 9.19. The fourth-order valence-electron chi connectivity index (χ4n) is 2.11. The van der Waals surface area contributed by atoms with Crippen LogP contribution in [0, 0.1) is 13.8 Å². The minimum Gasteiger partial charge on any atom is -0.310 e. The van der Waals surface area contributed by atoms with E-state index in [1.54, 1.807) is 11.3 Å². The van der Waals surface area contributed by atoms with Gasteiger partial charge in [-0.2, -0.15) is 0 Å². The molecule has 2 aromatic heterocycles. The van der Waals surface area contributed by atoms with Crippen molar-refractivity contribution >= 4 is 11.3 Å². The lowest BCUT2D eigenvalue weighted by molar-refractivity contribution is 0.523. The van der Waals surface area contributed by atoms with Gasteiger partial charge in [-0.1, -0.05) is 13.0 Å². The molecule has 0 radical (unpaired) electrons. The second-order valence-electron chi connectivity index (χ2n) is 4.86. The number of aryl methyl sites for hydroxylation is 2. The summed E-state index contributed by atoms with van der Waals surface area (Å²) in [6.07, 6.45) is 5.91. The average molecular weight is 275 g/mol. The highest BCUT2D eigenvalue weighted by molar-refractivity contribution is 7.09. The van der Waals surface area contributed by atoms with Crippen LogP contribution in [-0.2, 0) is 6.42 Å².